The Morgan fingerprint density at radius 2 is 2.07 bits per heavy atom. The summed E-state index contributed by atoms with van der Waals surface area (Å²) in [6.07, 6.45) is 4.54. The zero-order chi connectivity index (χ0) is 11.1. The van der Waals surface area contributed by atoms with Gasteiger partial charge in [-0.15, -0.1) is 5.73 Å². The van der Waals surface area contributed by atoms with Crippen LogP contribution in [0.3, 0.4) is 0 Å². The first kappa shape index (κ1) is 13.6. The standard InChI is InChI=1S/C12H16Cl2/c1-5-9(2)10(3)6-7-12(14)8-11(4)13/h6,8-9H,3,5H2,1-2,4H3/b11-8+. The molecule has 2 heteroatoms. The van der Waals surface area contributed by atoms with Crippen LogP contribution in [0, 0.1) is 5.92 Å². The molecule has 0 fully saturated rings. The Hall–Kier alpha value is -0.420. The number of halogens is 2. The Balaban J connectivity index is 4.56. The molecule has 0 saturated carbocycles. The molecule has 14 heavy (non-hydrogen) atoms. The number of allylic oxidation sites excluding steroid dienone is 4. The summed E-state index contributed by atoms with van der Waals surface area (Å²) in [4.78, 5) is 0. The van der Waals surface area contributed by atoms with E-state index >= 15 is 0 Å². The predicted molar refractivity (Wildman–Crippen MR) is 65.7 cm³/mol. The molecular formula is C12H16Cl2. The van der Waals surface area contributed by atoms with Gasteiger partial charge in [0.05, 0.1) is 5.03 Å². The first-order valence-corrected chi connectivity index (χ1v) is 5.37. The fraction of sp³-hybridized carbons (Fsp3) is 0.417. The fourth-order valence-electron chi connectivity index (χ4n) is 0.782. The van der Waals surface area contributed by atoms with Gasteiger partial charge in [-0.25, -0.2) is 0 Å². The van der Waals surface area contributed by atoms with Gasteiger partial charge in [0.25, 0.3) is 0 Å². The molecule has 0 aliphatic rings. The summed E-state index contributed by atoms with van der Waals surface area (Å²) in [5.41, 5.74) is 3.96. The summed E-state index contributed by atoms with van der Waals surface area (Å²) < 4.78 is 0. The van der Waals surface area contributed by atoms with E-state index in [1.165, 1.54) is 0 Å². The monoisotopic (exact) mass is 230 g/mol. The quantitative estimate of drug-likeness (QED) is 0.471. The van der Waals surface area contributed by atoms with E-state index in [1.54, 1.807) is 13.0 Å². The topological polar surface area (TPSA) is 0 Å². The van der Waals surface area contributed by atoms with Crippen molar-refractivity contribution in [2.75, 3.05) is 0 Å². The average molecular weight is 231 g/mol. The zero-order valence-corrected chi connectivity index (χ0v) is 10.4. The molecule has 0 radical (unpaired) electrons. The predicted octanol–water partition coefficient (Wildman–Crippen LogP) is 5.01. The third kappa shape index (κ3) is 6.10. The maximum Gasteiger partial charge on any atom is 0.0836 e. The van der Waals surface area contributed by atoms with Crippen molar-refractivity contribution in [2.45, 2.75) is 27.2 Å². The van der Waals surface area contributed by atoms with E-state index in [-0.39, 0.29) is 0 Å². The Morgan fingerprint density at radius 3 is 2.50 bits per heavy atom. The van der Waals surface area contributed by atoms with Crippen molar-refractivity contribution in [2.24, 2.45) is 5.92 Å². The molecule has 0 N–H and O–H groups in total. The van der Waals surface area contributed by atoms with Gasteiger partial charge in [-0.2, -0.15) is 0 Å². The second kappa shape index (κ2) is 6.95. The first-order valence-electron chi connectivity index (χ1n) is 4.62. The summed E-state index contributed by atoms with van der Waals surface area (Å²) in [6, 6.07) is 0. The molecule has 0 aromatic heterocycles. The fourth-order valence-corrected chi connectivity index (χ4v) is 1.17. The highest BCUT2D eigenvalue weighted by molar-refractivity contribution is 6.34. The SMILES string of the molecule is C=C(C=C=C(Cl)/C=C(\C)Cl)C(C)CC. The lowest BCUT2D eigenvalue weighted by atomic mass is 10.0. The molecule has 78 valence electrons. The third-order valence-electron chi connectivity index (χ3n) is 1.97. The zero-order valence-electron chi connectivity index (χ0n) is 8.90. The van der Waals surface area contributed by atoms with E-state index in [0.29, 0.717) is 16.0 Å². The van der Waals surface area contributed by atoms with E-state index in [2.05, 4.69) is 26.2 Å². The Morgan fingerprint density at radius 1 is 1.50 bits per heavy atom. The van der Waals surface area contributed by atoms with Gasteiger partial charge in [0.1, 0.15) is 0 Å². The molecule has 0 aliphatic carbocycles. The van der Waals surface area contributed by atoms with E-state index < -0.39 is 0 Å². The minimum atomic E-state index is 0.466. The van der Waals surface area contributed by atoms with Gasteiger partial charge in [0.2, 0.25) is 0 Å². The number of hydrogen-bond donors (Lipinski definition) is 0. The molecule has 1 unspecified atom stereocenters. The lowest BCUT2D eigenvalue weighted by Gasteiger charge is -2.05. The molecule has 0 bridgehead atoms. The van der Waals surface area contributed by atoms with Crippen molar-refractivity contribution < 1.29 is 0 Å². The van der Waals surface area contributed by atoms with Crippen molar-refractivity contribution >= 4 is 23.2 Å². The van der Waals surface area contributed by atoms with Crippen molar-refractivity contribution in [3.05, 3.63) is 40.1 Å². The van der Waals surface area contributed by atoms with Crippen LogP contribution < -0.4 is 0 Å². The maximum absolute atomic E-state index is 5.84. The van der Waals surface area contributed by atoms with Crippen LogP contribution in [0.5, 0.6) is 0 Å². The minimum Gasteiger partial charge on any atom is -0.100 e. The van der Waals surface area contributed by atoms with Gasteiger partial charge in [-0.05, 0) is 37.0 Å². The van der Waals surface area contributed by atoms with Gasteiger partial charge in [-0.1, -0.05) is 43.6 Å². The van der Waals surface area contributed by atoms with E-state index in [4.69, 9.17) is 23.2 Å². The molecule has 0 rings (SSSR count). The average Bonchev–Trinajstić information content (AvgIpc) is 2.11. The number of hydrogen-bond acceptors (Lipinski definition) is 0. The van der Waals surface area contributed by atoms with Gasteiger partial charge in [0.15, 0.2) is 0 Å². The van der Waals surface area contributed by atoms with E-state index in [1.807, 2.05) is 6.08 Å². The van der Waals surface area contributed by atoms with E-state index in [9.17, 15) is 0 Å². The molecule has 0 heterocycles. The van der Waals surface area contributed by atoms with Crippen LogP contribution >= 0.6 is 23.2 Å². The molecule has 0 aliphatic heterocycles. The summed E-state index contributed by atoms with van der Waals surface area (Å²) in [5, 5.41) is 1.15. The molecule has 0 saturated heterocycles. The summed E-state index contributed by atoms with van der Waals surface area (Å²) in [6.45, 7) is 9.95. The highest BCUT2D eigenvalue weighted by Crippen LogP contribution is 2.14. The van der Waals surface area contributed by atoms with Crippen LogP contribution in [0.1, 0.15) is 27.2 Å². The Labute approximate surface area is 96.6 Å². The molecule has 0 aromatic carbocycles. The third-order valence-corrected chi connectivity index (χ3v) is 2.29. The first-order chi connectivity index (χ1) is 6.47. The normalized spacial score (nSPS) is 13.1. The second-order valence-electron chi connectivity index (χ2n) is 3.25. The molecular weight excluding hydrogens is 215 g/mol. The lowest BCUT2D eigenvalue weighted by molar-refractivity contribution is 0.673. The molecule has 0 spiro atoms. The molecule has 0 nitrogen and oxygen atoms in total. The summed E-state index contributed by atoms with van der Waals surface area (Å²) in [7, 11) is 0. The smallest absolute Gasteiger partial charge is 0.0836 e. The van der Waals surface area contributed by atoms with Crippen LogP contribution in [-0.2, 0) is 0 Å². The highest BCUT2D eigenvalue weighted by atomic mass is 35.5. The molecule has 1 atom stereocenters. The molecule has 0 aromatic rings. The second-order valence-corrected chi connectivity index (χ2v) is 4.26. The lowest BCUT2D eigenvalue weighted by Crippen LogP contribution is -1.91. The van der Waals surface area contributed by atoms with Crippen molar-refractivity contribution in [3.8, 4) is 0 Å². The van der Waals surface area contributed by atoms with Crippen molar-refractivity contribution in [1.29, 1.82) is 0 Å². The summed E-state index contributed by atoms with van der Waals surface area (Å²) >= 11 is 11.5. The van der Waals surface area contributed by atoms with Gasteiger partial charge < -0.3 is 0 Å². The van der Waals surface area contributed by atoms with Gasteiger partial charge in [0, 0.05) is 5.03 Å². The van der Waals surface area contributed by atoms with Crippen LogP contribution in [0.2, 0.25) is 0 Å². The van der Waals surface area contributed by atoms with Crippen LogP contribution in [0.15, 0.2) is 40.1 Å². The van der Waals surface area contributed by atoms with Crippen LogP contribution in [0.25, 0.3) is 0 Å². The van der Waals surface area contributed by atoms with Crippen molar-refractivity contribution in [3.63, 3.8) is 0 Å². The number of rotatable bonds is 4. The van der Waals surface area contributed by atoms with E-state index in [0.717, 1.165) is 12.0 Å². The van der Waals surface area contributed by atoms with Crippen LogP contribution in [0.4, 0.5) is 0 Å². The maximum atomic E-state index is 5.84. The van der Waals surface area contributed by atoms with Crippen LogP contribution in [-0.4, -0.2) is 0 Å². The largest absolute Gasteiger partial charge is 0.100 e. The van der Waals surface area contributed by atoms with Gasteiger partial charge >= 0.3 is 0 Å². The minimum absolute atomic E-state index is 0.466. The van der Waals surface area contributed by atoms with Gasteiger partial charge in [-0.3, -0.25) is 0 Å². The Kier molecular flexibility index (Phi) is 6.74. The highest BCUT2D eigenvalue weighted by Gasteiger charge is 1.98. The summed E-state index contributed by atoms with van der Waals surface area (Å²) in [5.74, 6) is 0.466. The Bertz CT molecular complexity index is 287. The van der Waals surface area contributed by atoms with Crippen molar-refractivity contribution in [1.82, 2.24) is 0 Å². The molecule has 0 amide bonds.